The van der Waals surface area contributed by atoms with Crippen LogP contribution in [0, 0.1) is 0 Å². The second kappa shape index (κ2) is 5.57. The van der Waals surface area contributed by atoms with Crippen molar-refractivity contribution in [2.45, 2.75) is 12.3 Å². The molecule has 5 heteroatoms. The smallest absolute Gasteiger partial charge is 0.121 e. The third-order valence-corrected chi connectivity index (χ3v) is 1.11. The Hall–Kier alpha value is -0.200. The minimum absolute atomic E-state index is 0.269. The Morgan fingerprint density at radius 3 is 2.60 bits per heavy atom. The Bertz CT molecular complexity index is 73.3. The number of likely N-dealkylation sites (N-methyl/N-ethyl adjacent to an activating group) is 1. The quantitative estimate of drug-likeness (QED) is 0.269. The van der Waals surface area contributed by atoms with Crippen LogP contribution in [0.2, 0.25) is 0 Å². The first-order valence-electron chi connectivity index (χ1n) is 3.09. The summed E-state index contributed by atoms with van der Waals surface area (Å²) < 4.78 is 0. The predicted octanol–water partition coefficient (Wildman–Crippen LogP) is -2.00. The average Bonchev–Trinajstić information content (AvgIpc) is 1.87. The van der Waals surface area contributed by atoms with E-state index in [0.29, 0.717) is 6.54 Å². The van der Waals surface area contributed by atoms with E-state index in [1.807, 2.05) is 0 Å². The minimum atomic E-state index is -0.910. The number of aliphatic hydroxyl groups is 1. The minimum Gasteiger partial charge on any atom is -0.377 e. The molecule has 0 rings (SSSR count). The van der Waals surface area contributed by atoms with E-state index in [1.165, 1.54) is 7.11 Å². The molecule has 0 aromatic carbocycles. The number of rotatable bonds is 5. The van der Waals surface area contributed by atoms with Crippen molar-refractivity contribution in [3.63, 3.8) is 0 Å². The van der Waals surface area contributed by atoms with Gasteiger partial charge in [0.05, 0.1) is 13.2 Å². The van der Waals surface area contributed by atoms with E-state index in [0.717, 1.165) is 0 Å². The summed E-state index contributed by atoms with van der Waals surface area (Å²) in [6.07, 6.45) is -0.910. The fourth-order valence-electron chi connectivity index (χ4n) is 0.603. The maximum Gasteiger partial charge on any atom is 0.121 e. The molecule has 62 valence electrons. The van der Waals surface area contributed by atoms with E-state index >= 15 is 0 Å². The lowest BCUT2D eigenvalue weighted by molar-refractivity contribution is 0.00938. The summed E-state index contributed by atoms with van der Waals surface area (Å²) in [5.74, 6) is 0. The molecule has 0 heterocycles. The lowest BCUT2D eigenvalue weighted by Gasteiger charge is -2.18. The van der Waals surface area contributed by atoms with Crippen molar-refractivity contribution < 1.29 is 9.94 Å². The summed E-state index contributed by atoms with van der Waals surface area (Å²) in [4.78, 5) is 4.59. The average molecular weight is 149 g/mol. The van der Waals surface area contributed by atoms with E-state index in [9.17, 15) is 0 Å². The van der Waals surface area contributed by atoms with Gasteiger partial charge in [0.2, 0.25) is 0 Å². The second-order valence-corrected chi connectivity index (χ2v) is 1.98. The third kappa shape index (κ3) is 3.76. The van der Waals surface area contributed by atoms with Gasteiger partial charge in [-0.2, -0.15) is 5.48 Å². The van der Waals surface area contributed by atoms with Crippen molar-refractivity contribution in [1.29, 1.82) is 0 Å². The predicted molar refractivity (Wildman–Crippen MR) is 38.1 cm³/mol. The molecule has 5 N–H and O–H groups in total. The van der Waals surface area contributed by atoms with Gasteiger partial charge in [-0.15, -0.1) is 0 Å². The lowest BCUT2D eigenvalue weighted by atomic mass is 10.3. The van der Waals surface area contributed by atoms with Crippen LogP contribution >= 0.6 is 0 Å². The van der Waals surface area contributed by atoms with Gasteiger partial charge in [-0.1, -0.05) is 0 Å². The van der Waals surface area contributed by atoms with Gasteiger partial charge < -0.3 is 21.0 Å². The maximum absolute atomic E-state index is 8.87. The first-order valence-corrected chi connectivity index (χ1v) is 3.09. The van der Waals surface area contributed by atoms with Crippen LogP contribution in [0.4, 0.5) is 0 Å². The largest absolute Gasteiger partial charge is 0.377 e. The van der Waals surface area contributed by atoms with Gasteiger partial charge in [0, 0.05) is 6.54 Å². The number of nitrogens with one attached hydrogen (secondary N) is 2. The summed E-state index contributed by atoms with van der Waals surface area (Å²) >= 11 is 0. The highest BCUT2D eigenvalue weighted by Gasteiger charge is 2.12. The molecule has 0 fully saturated rings. The van der Waals surface area contributed by atoms with E-state index in [-0.39, 0.29) is 6.04 Å². The van der Waals surface area contributed by atoms with E-state index in [2.05, 4.69) is 15.6 Å². The molecule has 0 aromatic heterocycles. The van der Waals surface area contributed by atoms with Crippen LogP contribution in [0.3, 0.4) is 0 Å². The van der Waals surface area contributed by atoms with Crippen LogP contribution in [0.25, 0.3) is 0 Å². The molecule has 10 heavy (non-hydrogen) atoms. The standard InChI is InChI=1S/C5H15N3O2/c1-7-3-4(5(6)9)8-10-2/h4-5,7-9H,3,6H2,1-2H3. The molecule has 0 radical (unpaired) electrons. The molecular weight excluding hydrogens is 134 g/mol. The number of nitrogens with two attached hydrogens (primary N) is 1. The molecule has 0 saturated heterocycles. The van der Waals surface area contributed by atoms with Crippen LogP contribution < -0.4 is 16.5 Å². The van der Waals surface area contributed by atoms with Gasteiger partial charge in [-0.05, 0) is 7.05 Å². The van der Waals surface area contributed by atoms with E-state index in [1.54, 1.807) is 7.05 Å². The highest BCUT2D eigenvalue weighted by Crippen LogP contribution is 1.83. The van der Waals surface area contributed by atoms with Crippen LogP contribution in [0.5, 0.6) is 0 Å². The highest BCUT2D eigenvalue weighted by atomic mass is 16.6. The molecule has 0 aliphatic rings. The third-order valence-electron chi connectivity index (χ3n) is 1.11. The Labute approximate surface area is 60.5 Å². The summed E-state index contributed by atoms with van der Waals surface area (Å²) in [6, 6.07) is -0.269. The zero-order valence-electron chi connectivity index (χ0n) is 6.29. The molecule has 0 aliphatic carbocycles. The summed E-state index contributed by atoms with van der Waals surface area (Å²) in [6.45, 7) is 0.561. The van der Waals surface area contributed by atoms with Crippen LogP contribution in [-0.2, 0) is 4.84 Å². The van der Waals surface area contributed by atoms with Gasteiger partial charge in [-0.25, -0.2) is 0 Å². The highest BCUT2D eigenvalue weighted by molar-refractivity contribution is 4.68. The van der Waals surface area contributed by atoms with Crippen molar-refractivity contribution in [3.8, 4) is 0 Å². The topological polar surface area (TPSA) is 79.5 Å². The number of hydrogen-bond acceptors (Lipinski definition) is 5. The Balaban J connectivity index is 3.50. The Morgan fingerprint density at radius 2 is 2.30 bits per heavy atom. The summed E-state index contributed by atoms with van der Waals surface area (Å²) in [5.41, 5.74) is 7.73. The van der Waals surface area contributed by atoms with Gasteiger partial charge >= 0.3 is 0 Å². The monoisotopic (exact) mass is 149 g/mol. The van der Waals surface area contributed by atoms with Gasteiger partial charge in [0.25, 0.3) is 0 Å². The number of hydrogen-bond donors (Lipinski definition) is 4. The molecular formula is C5H15N3O2. The molecule has 0 bridgehead atoms. The van der Waals surface area contributed by atoms with Crippen molar-refractivity contribution in [2.24, 2.45) is 5.73 Å². The van der Waals surface area contributed by atoms with Crippen molar-refractivity contribution >= 4 is 0 Å². The maximum atomic E-state index is 8.87. The van der Waals surface area contributed by atoms with Gasteiger partial charge in [0.1, 0.15) is 6.23 Å². The Kier molecular flexibility index (Phi) is 5.46. The molecule has 5 nitrogen and oxygen atoms in total. The first kappa shape index (κ1) is 9.80. The molecule has 0 spiro atoms. The summed E-state index contributed by atoms with van der Waals surface area (Å²) in [5, 5.41) is 11.7. The normalized spacial score (nSPS) is 16.8. The number of hydroxylamine groups is 1. The van der Waals surface area contributed by atoms with E-state index in [4.69, 9.17) is 10.8 Å². The van der Waals surface area contributed by atoms with Gasteiger partial charge in [-0.3, -0.25) is 0 Å². The molecule has 0 amide bonds. The van der Waals surface area contributed by atoms with Gasteiger partial charge in [0.15, 0.2) is 0 Å². The van der Waals surface area contributed by atoms with Crippen LogP contribution in [0.1, 0.15) is 0 Å². The lowest BCUT2D eigenvalue weighted by Crippen LogP contribution is -2.49. The van der Waals surface area contributed by atoms with Crippen molar-refractivity contribution in [3.05, 3.63) is 0 Å². The van der Waals surface area contributed by atoms with Crippen molar-refractivity contribution in [1.82, 2.24) is 10.8 Å². The van der Waals surface area contributed by atoms with Crippen LogP contribution in [0.15, 0.2) is 0 Å². The Morgan fingerprint density at radius 1 is 1.70 bits per heavy atom. The molecule has 0 aromatic rings. The first-order chi connectivity index (χ1) is 4.72. The zero-order valence-corrected chi connectivity index (χ0v) is 6.29. The molecule has 2 unspecified atom stereocenters. The van der Waals surface area contributed by atoms with Crippen LogP contribution in [-0.4, -0.2) is 38.1 Å². The zero-order chi connectivity index (χ0) is 7.98. The fraction of sp³-hybridized carbons (Fsp3) is 1.00. The second-order valence-electron chi connectivity index (χ2n) is 1.98. The fourth-order valence-corrected chi connectivity index (χ4v) is 0.603. The molecule has 0 aliphatic heterocycles. The van der Waals surface area contributed by atoms with E-state index < -0.39 is 6.23 Å². The summed E-state index contributed by atoms with van der Waals surface area (Å²) in [7, 11) is 3.25. The molecule has 0 saturated carbocycles. The SMILES string of the molecule is CNCC(NOC)C(N)O. The molecule has 2 atom stereocenters. The van der Waals surface area contributed by atoms with Crippen molar-refractivity contribution in [2.75, 3.05) is 20.7 Å². The number of aliphatic hydroxyl groups excluding tert-OH is 1.